The molecule has 0 amide bonds. The summed E-state index contributed by atoms with van der Waals surface area (Å²) in [5, 5.41) is 0. The van der Waals surface area contributed by atoms with Crippen LogP contribution in [0.2, 0.25) is 0 Å². The summed E-state index contributed by atoms with van der Waals surface area (Å²) >= 11 is 0. The first-order chi connectivity index (χ1) is 8.85. The maximum atomic E-state index is 5.23. The molecule has 104 valence electrons. The minimum Gasteiger partial charge on any atom is -0.497 e. The van der Waals surface area contributed by atoms with Crippen LogP contribution in [-0.2, 0) is 0 Å². The quantitative estimate of drug-likeness (QED) is 0.774. The second-order valence-electron chi connectivity index (χ2n) is 6.91. The van der Waals surface area contributed by atoms with Gasteiger partial charge in [-0.1, -0.05) is 17.6 Å². The molecule has 1 aliphatic rings. The first-order valence-corrected chi connectivity index (χ1v) is 7.26. The molecule has 1 aromatic rings. The lowest BCUT2D eigenvalue weighted by molar-refractivity contribution is 0.0550. The summed E-state index contributed by atoms with van der Waals surface area (Å²) in [5.41, 5.74) is 1.92. The van der Waals surface area contributed by atoms with Crippen LogP contribution in [0.15, 0.2) is 24.3 Å². The highest BCUT2D eigenvalue weighted by Gasteiger charge is 2.40. The fraction of sp³-hybridized carbons (Fsp3) is 0.625. The summed E-state index contributed by atoms with van der Waals surface area (Å²) < 4.78 is 5.23. The normalized spacial score (nSPS) is 21.9. The molecule has 2 nitrogen and oxygen atoms in total. The Labute approximate surface area is 118 Å². The van der Waals surface area contributed by atoms with E-state index < -0.39 is 0 Å². The third kappa shape index (κ3) is 3.14. The van der Waals surface area contributed by atoms with Crippen LogP contribution in [0.1, 0.15) is 47.0 Å². The second-order valence-corrected chi connectivity index (χ2v) is 6.91. The molecule has 0 bridgehead atoms. The first-order valence-electron chi connectivity index (χ1n) is 7.26. The number of methoxy groups -OCH3 is 1. The maximum Gasteiger partial charge on any atom is 0.239 e. The summed E-state index contributed by atoms with van der Waals surface area (Å²) in [6.07, 6.45) is 3.90. The lowest BCUT2D eigenvalue weighted by atomic mass is 9.67. The van der Waals surface area contributed by atoms with Crippen LogP contribution in [0.3, 0.4) is 0 Å². The van der Waals surface area contributed by atoms with Crippen molar-refractivity contribution in [3.05, 3.63) is 24.3 Å². The van der Waals surface area contributed by atoms with Crippen LogP contribution < -0.4 is 10.2 Å². The lowest BCUT2D eigenvalue weighted by Gasteiger charge is -2.53. The number of piperidine rings is 1. The summed E-state index contributed by atoms with van der Waals surface area (Å²) in [7, 11) is 2.73. The topological polar surface area (TPSA) is 12.5 Å². The third-order valence-corrected chi connectivity index (χ3v) is 4.54. The van der Waals surface area contributed by atoms with Gasteiger partial charge in [0.25, 0.3) is 0 Å². The molecule has 0 aromatic heterocycles. The fourth-order valence-electron chi connectivity index (χ4n) is 3.38. The van der Waals surface area contributed by atoms with E-state index in [1.807, 2.05) is 0 Å². The first kappa shape index (κ1) is 14.5. The van der Waals surface area contributed by atoms with E-state index in [0.29, 0.717) is 0 Å². The van der Waals surface area contributed by atoms with Crippen LogP contribution in [0, 0.1) is 0 Å². The van der Waals surface area contributed by atoms with Crippen molar-refractivity contribution in [1.29, 1.82) is 0 Å². The van der Waals surface area contributed by atoms with Crippen molar-refractivity contribution in [3.63, 3.8) is 0 Å². The Bertz CT molecular complexity index is 409. The molecule has 1 fully saturated rings. The van der Waals surface area contributed by atoms with Gasteiger partial charge in [-0.3, -0.25) is 0 Å². The Balaban J connectivity index is 2.18. The van der Waals surface area contributed by atoms with Crippen molar-refractivity contribution in [2.75, 3.05) is 7.11 Å². The standard InChI is InChI=1S/C16H26BNO/c1-15(2)11-6-12-16(3,4)18(15)17-13-7-9-14(19-5)10-8-13/h7-10,17H,6,11-12H2,1-5H3. The van der Waals surface area contributed by atoms with Gasteiger partial charge >= 0.3 is 0 Å². The van der Waals surface area contributed by atoms with E-state index in [2.05, 4.69) is 56.8 Å². The molecule has 1 heterocycles. The van der Waals surface area contributed by atoms with Crippen molar-refractivity contribution in [2.45, 2.75) is 58.0 Å². The zero-order valence-corrected chi connectivity index (χ0v) is 13.0. The summed E-state index contributed by atoms with van der Waals surface area (Å²) in [4.78, 5) is 2.66. The number of benzene rings is 1. The van der Waals surface area contributed by atoms with Crippen molar-refractivity contribution >= 4 is 12.9 Å². The minimum atomic E-state index is 0.279. The molecule has 1 aromatic carbocycles. The van der Waals surface area contributed by atoms with E-state index in [-0.39, 0.29) is 11.1 Å². The van der Waals surface area contributed by atoms with Crippen molar-refractivity contribution in [3.8, 4) is 5.75 Å². The van der Waals surface area contributed by atoms with Gasteiger partial charge in [0.2, 0.25) is 7.41 Å². The predicted octanol–water partition coefficient (Wildman–Crippen LogP) is 2.72. The molecule has 0 spiro atoms. The SMILES string of the molecule is COc1ccc(BN2C(C)(C)CCCC2(C)C)cc1. The number of nitrogens with zero attached hydrogens (tertiary/aromatic N) is 1. The monoisotopic (exact) mass is 259 g/mol. The summed E-state index contributed by atoms with van der Waals surface area (Å²) in [6, 6.07) is 8.47. The Kier molecular flexibility index (Phi) is 3.96. The van der Waals surface area contributed by atoms with E-state index in [4.69, 9.17) is 4.74 Å². The third-order valence-electron chi connectivity index (χ3n) is 4.54. The van der Waals surface area contributed by atoms with Crippen molar-refractivity contribution in [1.82, 2.24) is 4.81 Å². The number of hydrogen-bond acceptors (Lipinski definition) is 2. The number of hydrogen-bond donors (Lipinski definition) is 0. The second kappa shape index (κ2) is 5.20. The van der Waals surface area contributed by atoms with Gasteiger partial charge in [0, 0.05) is 11.1 Å². The molecule has 0 unspecified atom stereocenters. The Morgan fingerprint density at radius 2 is 1.53 bits per heavy atom. The van der Waals surface area contributed by atoms with Crippen LogP contribution in [-0.4, -0.2) is 30.4 Å². The van der Waals surface area contributed by atoms with Gasteiger partial charge in [-0.05, 0) is 59.1 Å². The maximum absolute atomic E-state index is 5.23. The van der Waals surface area contributed by atoms with Gasteiger partial charge in [-0.25, -0.2) is 0 Å². The number of ether oxygens (including phenoxy) is 1. The Hall–Kier alpha value is -0.955. The molecular weight excluding hydrogens is 233 g/mol. The Morgan fingerprint density at radius 3 is 2.00 bits per heavy atom. The van der Waals surface area contributed by atoms with Crippen molar-refractivity contribution in [2.24, 2.45) is 0 Å². The molecule has 3 heteroatoms. The Morgan fingerprint density at radius 1 is 1.00 bits per heavy atom. The highest BCUT2D eigenvalue weighted by atomic mass is 16.5. The molecular formula is C16H26BNO. The largest absolute Gasteiger partial charge is 0.497 e. The molecule has 0 saturated carbocycles. The zero-order valence-electron chi connectivity index (χ0n) is 13.0. The molecule has 2 rings (SSSR count). The zero-order chi connectivity index (χ0) is 14.1. The number of rotatable bonds is 3. The van der Waals surface area contributed by atoms with Crippen LogP contribution >= 0.6 is 0 Å². The van der Waals surface area contributed by atoms with E-state index in [1.165, 1.54) is 24.7 Å². The van der Waals surface area contributed by atoms with E-state index in [0.717, 1.165) is 13.2 Å². The lowest BCUT2D eigenvalue weighted by Crippen LogP contribution is -2.62. The van der Waals surface area contributed by atoms with E-state index in [9.17, 15) is 0 Å². The average molecular weight is 259 g/mol. The smallest absolute Gasteiger partial charge is 0.239 e. The van der Waals surface area contributed by atoms with Gasteiger partial charge in [0.05, 0.1) is 7.11 Å². The van der Waals surface area contributed by atoms with Crippen molar-refractivity contribution < 1.29 is 4.74 Å². The molecule has 0 N–H and O–H groups in total. The molecule has 0 radical (unpaired) electrons. The van der Waals surface area contributed by atoms with Gasteiger partial charge in [-0.2, -0.15) is 0 Å². The highest BCUT2D eigenvalue weighted by molar-refractivity contribution is 6.51. The predicted molar refractivity (Wildman–Crippen MR) is 83.6 cm³/mol. The summed E-state index contributed by atoms with van der Waals surface area (Å²) in [6.45, 7) is 9.49. The molecule has 19 heavy (non-hydrogen) atoms. The molecule has 1 aliphatic heterocycles. The van der Waals surface area contributed by atoms with Gasteiger partial charge in [0.15, 0.2) is 0 Å². The molecule has 0 atom stereocenters. The van der Waals surface area contributed by atoms with E-state index >= 15 is 0 Å². The van der Waals surface area contributed by atoms with Crippen LogP contribution in [0.4, 0.5) is 0 Å². The van der Waals surface area contributed by atoms with Crippen LogP contribution in [0.5, 0.6) is 5.75 Å². The minimum absolute atomic E-state index is 0.279. The van der Waals surface area contributed by atoms with Gasteiger partial charge < -0.3 is 9.55 Å². The van der Waals surface area contributed by atoms with Gasteiger partial charge in [-0.15, -0.1) is 0 Å². The summed E-state index contributed by atoms with van der Waals surface area (Å²) in [5.74, 6) is 0.931. The van der Waals surface area contributed by atoms with E-state index in [1.54, 1.807) is 7.11 Å². The van der Waals surface area contributed by atoms with Crippen LogP contribution in [0.25, 0.3) is 0 Å². The highest BCUT2D eigenvalue weighted by Crippen LogP contribution is 2.37. The molecule has 1 saturated heterocycles. The average Bonchev–Trinajstić information content (AvgIpc) is 2.34. The van der Waals surface area contributed by atoms with Gasteiger partial charge in [0.1, 0.15) is 5.75 Å². The fourth-order valence-corrected chi connectivity index (χ4v) is 3.38. The molecule has 0 aliphatic carbocycles.